The molecule has 0 bridgehead atoms. The number of aromatic amines is 1. The summed E-state index contributed by atoms with van der Waals surface area (Å²) in [5.41, 5.74) is 3.16. The lowest BCUT2D eigenvalue weighted by Gasteiger charge is -2.21. The third kappa shape index (κ3) is 2.46. The molecular formula is C16H18N2O2. The van der Waals surface area contributed by atoms with E-state index in [1.165, 1.54) is 19.3 Å². The minimum atomic E-state index is -0.845. The number of aromatic nitrogens is 2. The van der Waals surface area contributed by atoms with Gasteiger partial charge in [0, 0.05) is 29.3 Å². The van der Waals surface area contributed by atoms with Gasteiger partial charge in [-0.25, -0.2) is 4.79 Å². The summed E-state index contributed by atoms with van der Waals surface area (Å²) in [5.74, 6) is -0.493. The van der Waals surface area contributed by atoms with E-state index in [-0.39, 0.29) is 0 Å². The van der Waals surface area contributed by atoms with Gasteiger partial charge < -0.3 is 10.1 Å². The van der Waals surface area contributed by atoms with Crippen LogP contribution in [0.4, 0.5) is 0 Å². The molecule has 0 radical (unpaired) electrons. The van der Waals surface area contributed by atoms with Crippen LogP contribution in [0.25, 0.3) is 11.3 Å². The molecule has 0 atom stereocenters. The molecule has 2 aromatic rings. The maximum Gasteiger partial charge on any atom is 0.337 e. The maximum atomic E-state index is 11.5. The summed E-state index contributed by atoms with van der Waals surface area (Å²) < 4.78 is 0. The molecule has 1 fully saturated rings. The average molecular weight is 270 g/mol. The fourth-order valence-electron chi connectivity index (χ4n) is 3.05. The Morgan fingerprint density at radius 3 is 2.55 bits per heavy atom. The lowest BCUT2D eigenvalue weighted by molar-refractivity contribution is 0.0695. The molecule has 104 valence electrons. The van der Waals surface area contributed by atoms with Gasteiger partial charge in [0.05, 0.1) is 5.56 Å². The average Bonchev–Trinajstić information content (AvgIpc) is 2.94. The Kier molecular flexibility index (Phi) is 3.54. The molecule has 3 rings (SSSR count). The molecule has 0 amide bonds. The fraction of sp³-hybridized carbons (Fsp3) is 0.375. The van der Waals surface area contributed by atoms with E-state index < -0.39 is 5.97 Å². The fourth-order valence-corrected chi connectivity index (χ4v) is 3.05. The molecule has 0 aliphatic heterocycles. The van der Waals surface area contributed by atoms with E-state index >= 15 is 0 Å². The molecule has 1 aliphatic carbocycles. The Morgan fingerprint density at radius 2 is 1.90 bits per heavy atom. The highest BCUT2D eigenvalue weighted by Gasteiger charge is 2.24. The number of H-pyrrole nitrogens is 1. The van der Waals surface area contributed by atoms with E-state index in [9.17, 15) is 9.90 Å². The molecule has 2 aromatic heterocycles. The van der Waals surface area contributed by atoms with Gasteiger partial charge in [-0.1, -0.05) is 19.3 Å². The van der Waals surface area contributed by atoms with Crippen molar-refractivity contribution >= 4 is 5.97 Å². The molecule has 4 nitrogen and oxygen atoms in total. The van der Waals surface area contributed by atoms with Crippen LogP contribution >= 0.6 is 0 Å². The summed E-state index contributed by atoms with van der Waals surface area (Å²) in [6.07, 6.45) is 9.23. The van der Waals surface area contributed by atoms with Crippen LogP contribution < -0.4 is 0 Å². The first-order chi connectivity index (χ1) is 9.75. The Balaban J connectivity index is 2.00. The SMILES string of the molecule is O=C(O)c1cc(-c2ccncc2)[nH]c1C1CCCCC1. The largest absolute Gasteiger partial charge is 0.478 e. The Labute approximate surface area is 117 Å². The lowest BCUT2D eigenvalue weighted by atomic mass is 9.85. The number of hydrogen-bond donors (Lipinski definition) is 2. The van der Waals surface area contributed by atoms with Crippen LogP contribution in [0.15, 0.2) is 30.6 Å². The van der Waals surface area contributed by atoms with Crippen molar-refractivity contribution in [3.05, 3.63) is 41.9 Å². The predicted octanol–water partition coefficient (Wildman–Crippen LogP) is 3.82. The normalized spacial score (nSPS) is 16.2. The number of nitrogens with one attached hydrogen (secondary N) is 1. The highest BCUT2D eigenvalue weighted by molar-refractivity contribution is 5.91. The second-order valence-corrected chi connectivity index (χ2v) is 5.39. The molecule has 0 aromatic carbocycles. The molecule has 1 aliphatic rings. The van der Waals surface area contributed by atoms with Crippen molar-refractivity contribution in [2.75, 3.05) is 0 Å². The standard InChI is InChI=1S/C16H18N2O2/c19-16(20)13-10-14(11-6-8-17-9-7-11)18-15(13)12-4-2-1-3-5-12/h6-10,12,18H,1-5H2,(H,19,20). The first-order valence-electron chi connectivity index (χ1n) is 7.12. The number of aromatic carboxylic acids is 1. The summed E-state index contributed by atoms with van der Waals surface area (Å²) >= 11 is 0. The van der Waals surface area contributed by atoms with Crippen LogP contribution in [0.2, 0.25) is 0 Å². The smallest absolute Gasteiger partial charge is 0.337 e. The molecule has 0 spiro atoms. The molecule has 2 N–H and O–H groups in total. The van der Waals surface area contributed by atoms with Crippen LogP contribution in [0.1, 0.15) is 54.1 Å². The Morgan fingerprint density at radius 1 is 1.20 bits per heavy atom. The van der Waals surface area contributed by atoms with Crippen LogP contribution in [0, 0.1) is 0 Å². The van der Waals surface area contributed by atoms with Gasteiger partial charge >= 0.3 is 5.97 Å². The predicted molar refractivity (Wildman–Crippen MR) is 76.8 cm³/mol. The van der Waals surface area contributed by atoms with Crippen LogP contribution in [0.3, 0.4) is 0 Å². The van der Waals surface area contributed by atoms with Crippen molar-refractivity contribution in [3.63, 3.8) is 0 Å². The topological polar surface area (TPSA) is 66.0 Å². The third-order valence-electron chi connectivity index (χ3n) is 4.08. The number of carboxylic acid groups (broad SMARTS) is 1. The van der Waals surface area contributed by atoms with Gasteiger partial charge in [0.25, 0.3) is 0 Å². The number of nitrogens with zero attached hydrogens (tertiary/aromatic N) is 1. The highest BCUT2D eigenvalue weighted by atomic mass is 16.4. The summed E-state index contributed by atoms with van der Waals surface area (Å²) in [6.45, 7) is 0. The van der Waals surface area contributed by atoms with Crippen molar-refractivity contribution in [3.8, 4) is 11.3 Å². The van der Waals surface area contributed by atoms with Crippen molar-refractivity contribution < 1.29 is 9.90 Å². The van der Waals surface area contributed by atoms with Crippen molar-refractivity contribution in [1.29, 1.82) is 0 Å². The minimum Gasteiger partial charge on any atom is -0.478 e. The molecule has 0 saturated heterocycles. The quantitative estimate of drug-likeness (QED) is 0.891. The second-order valence-electron chi connectivity index (χ2n) is 5.39. The van der Waals surface area contributed by atoms with Crippen LogP contribution in [-0.2, 0) is 0 Å². The van der Waals surface area contributed by atoms with E-state index in [1.54, 1.807) is 18.5 Å². The third-order valence-corrected chi connectivity index (χ3v) is 4.08. The van der Waals surface area contributed by atoms with Gasteiger partial charge in [-0.05, 0) is 37.0 Å². The number of carbonyl (C=O) groups is 1. The van der Waals surface area contributed by atoms with E-state index in [1.807, 2.05) is 12.1 Å². The Bertz CT molecular complexity index is 598. The van der Waals surface area contributed by atoms with Crippen molar-refractivity contribution in [1.82, 2.24) is 9.97 Å². The van der Waals surface area contributed by atoms with Gasteiger partial charge in [0.1, 0.15) is 0 Å². The molecule has 20 heavy (non-hydrogen) atoms. The summed E-state index contributed by atoms with van der Waals surface area (Å²) in [5, 5.41) is 9.42. The summed E-state index contributed by atoms with van der Waals surface area (Å²) in [7, 11) is 0. The molecule has 1 saturated carbocycles. The van der Waals surface area contributed by atoms with Gasteiger partial charge in [-0.15, -0.1) is 0 Å². The molecule has 4 heteroatoms. The summed E-state index contributed by atoms with van der Waals surface area (Å²) in [6, 6.07) is 5.53. The zero-order valence-electron chi connectivity index (χ0n) is 11.3. The number of hydrogen-bond acceptors (Lipinski definition) is 2. The van der Waals surface area contributed by atoms with Gasteiger partial charge in [-0.2, -0.15) is 0 Å². The minimum absolute atomic E-state index is 0.352. The molecule has 2 heterocycles. The van der Waals surface area contributed by atoms with Gasteiger partial charge in [0.15, 0.2) is 0 Å². The van der Waals surface area contributed by atoms with E-state index in [0.29, 0.717) is 11.5 Å². The van der Waals surface area contributed by atoms with Crippen LogP contribution in [0.5, 0.6) is 0 Å². The summed E-state index contributed by atoms with van der Waals surface area (Å²) in [4.78, 5) is 18.8. The van der Waals surface area contributed by atoms with Gasteiger partial charge in [0.2, 0.25) is 0 Å². The Hall–Kier alpha value is -2.10. The zero-order chi connectivity index (χ0) is 13.9. The van der Waals surface area contributed by atoms with Crippen molar-refractivity contribution in [2.45, 2.75) is 38.0 Å². The number of rotatable bonds is 3. The first kappa shape index (κ1) is 12.9. The monoisotopic (exact) mass is 270 g/mol. The molecule has 0 unspecified atom stereocenters. The van der Waals surface area contributed by atoms with Gasteiger partial charge in [-0.3, -0.25) is 4.98 Å². The van der Waals surface area contributed by atoms with Crippen LogP contribution in [-0.4, -0.2) is 21.0 Å². The zero-order valence-corrected chi connectivity index (χ0v) is 11.3. The van der Waals surface area contributed by atoms with E-state index in [0.717, 1.165) is 29.8 Å². The lowest BCUT2D eigenvalue weighted by Crippen LogP contribution is -2.09. The van der Waals surface area contributed by atoms with E-state index in [2.05, 4.69) is 9.97 Å². The second kappa shape index (κ2) is 5.49. The van der Waals surface area contributed by atoms with E-state index in [4.69, 9.17) is 0 Å². The van der Waals surface area contributed by atoms with Crippen molar-refractivity contribution in [2.24, 2.45) is 0 Å². The molecular weight excluding hydrogens is 252 g/mol. The maximum absolute atomic E-state index is 11.5. The highest BCUT2D eigenvalue weighted by Crippen LogP contribution is 2.35. The number of carboxylic acids is 1. The first-order valence-corrected chi connectivity index (χ1v) is 7.12. The number of pyridine rings is 1.